The van der Waals surface area contributed by atoms with Crippen LogP contribution in [-0.2, 0) is 33.5 Å². The molecular weight excluding hydrogens is 981 g/mol. The number of likely N-dealkylation sites (N-methyl/N-ethyl adjacent to an activating group) is 1. The van der Waals surface area contributed by atoms with E-state index in [0.717, 1.165) is 0 Å². The second-order valence-electron chi connectivity index (χ2n) is 17.7. The number of alkyl halides is 2. The van der Waals surface area contributed by atoms with Crippen LogP contribution in [0.3, 0.4) is 0 Å². The van der Waals surface area contributed by atoms with Gasteiger partial charge in [0.15, 0.2) is 21.9 Å². The van der Waals surface area contributed by atoms with Crippen LogP contribution in [0.4, 0.5) is 17.6 Å². The Hall–Kier alpha value is -4.64. The molecule has 2 aliphatic heterocycles. The Kier molecular flexibility index (Phi) is 18.0. The molecule has 8 rings (SSSR count). The third kappa shape index (κ3) is 11.7. The van der Waals surface area contributed by atoms with Crippen LogP contribution in [0.5, 0.6) is 0 Å². The summed E-state index contributed by atoms with van der Waals surface area (Å²) in [5, 5.41) is 1.12. The zero-order valence-corrected chi connectivity index (χ0v) is 42.2. The Bertz CT molecular complexity index is 2750. The molecule has 0 spiro atoms. The third-order valence-electron chi connectivity index (χ3n) is 12.7. The molecule has 2 aromatic heterocycles. The van der Waals surface area contributed by atoms with Crippen LogP contribution in [0.2, 0.25) is 10.0 Å². The second kappa shape index (κ2) is 22.4. The minimum absolute atomic E-state index is 0. The van der Waals surface area contributed by atoms with Crippen molar-refractivity contribution in [3.05, 3.63) is 141 Å². The summed E-state index contributed by atoms with van der Waals surface area (Å²) < 4.78 is 58.5. The average molecular weight is 1030 g/mol. The zero-order valence-electron chi connectivity index (χ0n) is 40.0. The van der Waals surface area contributed by atoms with E-state index in [1.807, 2.05) is 0 Å². The minimum Gasteiger partial charge on any atom is -1.00 e. The number of Topliss-reactive ketones (excluding diaryl/α,β-unsaturated/α-hetero) is 2. The smallest absolute Gasteiger partial charge is 1.00 e. The van der Waals surface area contributed by atoms with Gasteiger partial charge in [-0.3, -0.25) is 29.1 Å². The largest absolute Gasteiger partial charge is 1.00 e. The third-order valence-corrected chi connectivity index (χ3v) is 15.8. The van der Waals surface area contributed by atoms with E-state index in [2.05, 4.69) is 20.0 Å². The van der Waals surface area contributed by atoms with Gasteiger partial charge in [-0.1, -0.05) is 64.9 Å². The molecule has 0 bridgehead atoms. The fraction of sp³-hybridized carbons (Fsp3) is 0.375. The molecule has 70 heavy (non-hydrogen) atoms. The number of hydrogen-bond donors (Lipinski definition) is 2. The number of amides is 2. The number of nitrogens with two attached hydrogens (primary N) is 2. The van der Waals surface area contributed by atoms with Crippen LogP contribution in [0.1, 0.15) is 70.3 Å². The van der Waals surface area contributed by atoms with Crippen LogP contribution in [0.15, 0.2) is 95.2 Å². The van der Waals surface area contributed by atoms with Crippen molar-refractivity contribution >= 4 is 88.9 Å². The first-order chi connectivity index (χ1) is 32.2. The van der Waals surface area contributed by atoms with Crippen LogP contribution < -0.4 is 30.3 Å². The Morgan fingerprint density at radius 3 is 1.67 bits per heavy atom. The predicted octanol–water partition coefficient (Wildman–Crippen LogP) is 4.82. The topological polar surface area (TPSA) is 177 Å². The number of pyridine rings is 2. The zero-order chi connectivity index (χ0) is 49.3. The molecule has 0 saturated heterocycles. The summed E-state index contributed by atoms with van der Waals surface area (Å²) in [5.41, 5.74) is 10.8. The molecule has 0 unspecified atom stereocenters. The molecule has 4 N–H and O–H groups in total. The van der Waals surface area contributed by atoms with E-state index in [1.54, 1.807) is 46.4 Å². The molecule has 2 amide bonds. The molecule has 2 fully saturated rings. The van der Waals surface area contributed by atoms with E-state index < -0.39 is 51.5 Å². The van der Waals surface area contributed by atoms with Crippen molar-refractivity contribution < 1.29 is 57.0 Å². The van der Waals surface area contributed by atoms with Crippen molar-refractivity contribution in [2.45, 2.75) is 59.1 Å². The van der Waals surface area contributed by atoms with E-state index in [4.69, 9.17) is 34.7 Å². The number of halogens is 6. The number of aromatic nitrogens is 2. The maximum Gasteiger partial charge on any atom is 1.00 e. The van der Waals surface area contributed by atoms with E-state index in [-0.39, 0.29) is 110 Å². The molecule has 4 aromatic rings. The van der Waals surface area contributed by atoms with Crippen molar-refractivity contribution in [3.8, 4) is 0 Å². The van der Waals surface area contributed by atoms with Crippen molar-refractivity contribution in [1.82, 2.24) is 19.8 Å². The van der Waals surface area contributed by atoms with E-state index >= 15 is 8.78 Å². The standard InChI is InChI=1S/C24H25ClF2N4O2S.C24H23ClF2N4O2S.B.Li.H/c2*1-31(2)21(33)7-8-23-11-20(23)24(13-26,30-22(28)34-23)16-9-14(3-5-17(16)27)10-19(32)18-6-4-15(25)12-29-18;;;/h3-6,9,12,20H,7-8,10-11,13H2,1-2H3,(H2,28,30);3-9,12,20H,10-11,13H2,1-2H3,(H2,28,30);;;/q;;;+1;-1/b;8-7+;;;/t2*20-,23+,24-;;;/m11.../s1. The van der Waals surface area contributed by atoms with Crippen molar-refractivity contribution in [2.75, 3.05) is 41.5 Å². The fourth-order valence-electron chi connectivity index (χ4n) is 8.94. The maximum atomic E-state index is 15.1. The Labute approximate surface area is 437 Å². The number of fused-ring (bicyclic) bond motifs is 2. The maximum absolute atomic E-state index is 15.1. The number of thioether (sulfide) groups is 2. The Morgan fingerprint density at radius 2 is 1.23 bits per heavy atom. The number of amidine groups is 2. The number of carbonyl (C=O) groups excluding carboxylic acids is 4. The van der Waals surface area contributed by atoms with Crippen LogP contribution >= 0.6 is 46.7 Å². The van der Waals surface area contributed by atoms with E-state index in [1.165, 1.54) is 100 Å². The van der Waals surface area contributed by atoms with Crippen molar-refractivity contribution in [3.63, 3.8) is 0 Å². The molecule has 2 aliphatic carbocycles. The van der Waals surface area contributed by atoms with Gasteiger partial charge < -0.3 is 22.7 Å². The fourth-order valence-corrected chi connectivity index (χ4v) is 11.9. The van der Waals surface area contributed by atoms with E-state index in [9.17, 15) is 28.0 Å². The summed E-state index contributed by atoms with van der Waals surface area (Å²) in [5.74, 6) is -2.74. The summed E-state index contributed by atoms with van der Waals surface area (Å²) in [6.07, 6.45) is 7.67. The quantitative estimate of drug-likeness (QED) is 0.0727. The van der Waals surface area contributed by atoms with Gasteiger partial charge in [-0.2, -0.15) is 0 Å². The first-order valence-electron chi connectivity index (χ1n) is 21.4. The molecule has 2 saturated carbocycles. The number of rotatable bonds is 15. The molecule has 12 nitrogen and oxygen atoms in total. The monoisotopic (exact) mass is 1030 g/mol. The number of benzene rings is 2. The van der Waals surface area contributed by atoms with Gasteiger partial charge >= 0.3 is 18.9 Å². The first kappa shape index (κ1) is 56.3. The van der Waals surface area contributed by atoms with Crippen LogP contribution in [-0.4, -0.2) is 113 Å². The molecule has 4 aliphatic rings. The summed E-state index contributed by atoms with van der Waals surface area (Å²) in [4.78, 5) is 69.3. The summed E-state index contributed by atoms with van der Waals surface area (Å²) in [6, 6.07) is 14.6. The van der Waals surface area contributed by atoms with Gasteiger partial charge in [-0.25, -0.2) is 27.5 Å². The first-order valence-corrected chi connectivity index (χ1v) is 23.8. The number of carbonyl (C=O) groups is 4. The number of hydrogen-bond acceptors (Lipinski definition) is 12. The molecule has 2 aromatic carbocycles. The van der Waals surface area contributed by atoms with Crippen molar-refractivity contribution in [1.29, 1.82) is 0 Å². The number of nitrogens with zero attached hydrogens (tertiary/aromatic N) is 6. The second-order valence-corrected chi connectivity index (χ2v) is 21.3. The van der Waals surface area contributed by atoms with Gasteiger partial charge in [0.2, 0.25) is 11.8 Å². The van der Waals surface area contributed by atoms with Gasteiger partial charge in [0.05, 0.1) is 10.0 Å². The Morgan fingerprint density at radius 1 is 0.743 bits per heavy atom. The van der Waals surface area contributed by atoms with Gasteiger partial charge in [-0.15, -0.1) is 0 Å². The molecule has 363 valence electrons. The van der Waals surface area contributed by atoms with Gasteiger partial charge in [-0.05, 0) is 78.9 Å². The average Bonchev–Trinajstić information content (AvgIpc) is 4.23. The molecule has 3 radical (unpaired) electrons. The van der Waals surface area contributed by atoms with Gasteiger partial charge in [0.1, 0.15) is 47.4 Å². The summed E-state index contributed by atoms with van der Waals surface area (Å²) in [6.45, 7) is -1.90. The molecule has 4 heterocycles. The summed E-state index contributed by atoms with van der Waals surface area (Å²) >= 11 is 14.3. The molecular formula is C48H49BCl2F4LiN8O4S2. The van der Waals surface area contributed by atoms with E-state index in [0.29, 0.717) is 40.4 Å². The summed E-state index contributed by atoms with van der Waals surface area (Å²) in [7, 11) is 6.63. The number of aliphatic imine (C=N–C) groups is 2. The predicted molar refractivity (Wildman–Crippen MR) is 265 cm³/mol. The molecule has 22 heteroatoms. The SMILES string of the molecule is CN(C)C(=O)/C=C/[C@]12C[C@H]1[C@@](CF)(c1cc(CC(=O)c3ccc(Cl)cn3)ccc1F)N=C(N)S2.CN(C)C(=O)CC[C@]12C[C@H]1[C@@](CF)(c1cc(CC(=O)c3ccc(Cl)cn3)ccc1F)N=C(N)S2.[B].[H-].[Li+]. The van der Waals surface area contributed by atoms with Gasteiger partial charge in [0.25, 0.3) is 0 Å². The minimum atomic E-state index is -1.54. The normalized spacial score (nSPS) is 24.7. The van der Waals surface area contributed by atoms with Crippen molar-refractivity contribution in [2.24, 2.45) is 33.3 Å². The van der Waals surface area contributed by atoms with Crippen LogP contribution in [0.25, 0.3) is 0 Å². The Balaban J connectivity index is 0.000000296. The number of ketones is 2. The molecule has 6 atom stereocenters. The van der Waals surface area contributed by atoms with Gasteiger partial charge in [0, 0.05) is 107 Å². The van der Waals surface area contributed by atoms with Crippen LogP contribution in [0, 0.1) is 23.5 Å².